The van der Waals surface area contributed by atoms with Crippen molar-refractivity contribution in [3.63, 3.8) is 0 Å². The fourth-order valence-electron chi connectivity index (χ4n) is 5.24. The topological polar surface area (TPSA) is 39.9 Å². The number of nitrogens with zero attached hydrogens (tertiary/aromatic N) is 3. The first-order valence-electron chi connectivity index (χ1n) is 14.3. The zero-order chi connectivity index (χ0) is 28.8. The van der Waals surface area contributed by atoms with Crippen LogP contribution in [0.1, 0.15) is 0 Å². The van der Waals surface area contributed by atoms with E-state index in [1.807, 2.05) is 85.1 Å². The molecule has 0 atom stereocenters. The molecule has 7 aromatic rings. The largest absolute Gasteiger partial charge is 2.00 e. The van der Waals surface area contributed by atoms with Crippen LogP contribution in [0.4, 0.5) is 11.4 Å². The van der Waals surface area contributed by atoms with Crippen molar-refractivity contribution >= 4 is 11.4 Å². The normalized spacial score (nSPS) is 10.5. The average Bonchev–Trinajstić information content (AvgIpc) is 3.10. The molecule has 0 N–H and O–H groups in total. The van der Waals surface area contributed by atoms with Crippen molar-refractivity contribution in [2.75, 3.05) is 0 Å². The molecule has 5 aromatic carbocycles. The molecule has 0 aliphatic rings. The van der Waals surface area contributed by atoms with Crippen LogP contribution in [0.15, 0.2) is 164 Å². The Labute approximate surface area is 272 Å². The molecule has 0 aliphatic heterocycles. The van der Waals surface area contributed by atoms with E-state index in [1.54, 1.807) is 0 Å². The molecule has 0 spiro atoms. The van der Waals surface area contributed by atoms with Crippen molar-refractivity contribution in [2.24, 2.45) is 0 Å². The van der Waals surface area contributed by atoms with Gasteiger partial charge in [0.25, 0.3) is 0 Å². The second-order valence-electron chi connectivity index (χ2n) is 10.2. The molecule has 7 rings (SSSR count). The third-order valence-corrected chi connectivity index (χ3v) is 7.40. The third kappa shape index (κ3) is 6.29. The molecule has 2 aromatic heterocycles. The maximum atomic E-state index is 5.25. The number of rotatable bonds is 7. The van der Waals surface area contributed by atoms with Crippen LogP contribution in [-0.4, -0.2) is 9.97 Å². The average molecular weight is 745 g/mol. The molecule has 0 unspecified atom stereocenters. The van der Waals surface area contributed by atoms with Gasteiger partial charge in [-0.05, 0) is 63.3 Å². The fourth-order valence-corrected chi connectivity index (χ4v) is 5.24. The number of hydrogen-bond acceptors (Lipinski definition) is 2. The first kappa shape index (κ1) is 29.0. The summed E-state index contributed by atoms with van der Waals surface area (Å²) in [7, 11) is 0. The monoisotopic (exact) mass is 744 g/mol. The van der Waals surface area contributed by atoms with E-state index in [0.29, 0.717) is 0 Å². The van der Waals surface area contributed by atoms with Gasteiger partial charge in [0.15, 0.2) is 0 Å². The first-order valence-corrected chi connectivity index (χ1v) is 14.3. The maximum absolute atomic E-state index is 5.25. The van der Waals surface area contributed by atoms with E-state index in [9.17, 15) is 0 Å². The summed E-state index contributed by atoms with van der Waals surface area (Å²) < 4.78 is 0. The van der Waals surface area contributed by atoms with Crippen LogP contribution in [-0.2, 0) is 21.1 Å². The van der Waals surface area contributed by atoms with Gasteiger partial charge in [-0.15, -0.1) is 47.3 Å². The van der Waals surface area contributed by atoms with Crippen LogP contribution >= 0.6 is 0 Å². The Morgan fingerprint density at radius 1 is 0.455 bits per heavy atom. The zero-order valence-electron chi connectivity index (χ0n) is 23.7. The summed E-state index contributed by atoms with van der Waals surface area (Å²) in [4.78, 5) is 9.81. The quantitative estimate of drug-likeness (QED) is 0.153. The predicted molar refractivity (Wildman–Crippen MR) is 177 cm³/mol. The summed E-state index contributed by atoms with van der Waals surface area (Å²) in [5.74, 6) is 0. The van der Waals surface area contributed by atoms with Crippen LogP contribution in [0, 0.1) is 6.07 Å². The SMILES string of the molecule is [Pt+2].[c-]1ccccc1-c1cccc(-c2cc(-c3ccccc3)ccc2[N-]c2ccccc2-c2cc(-c3ccccc3)ccn2)n1. The number of pyridine rings is 2. The van der Waals surface area contributed by atoms with E-state index in [1.165, 1.54) is 0 Å². The molecule has 0 aliphatic carbocycles. The van der Waals surface area contributed by atoms with Gasteiger partial charge in [-0.25, -0.2) is 0 Å². The zero-order valence-corrected chi connectivity index (χ0v) is 26.0. The number of aromatic nitrogens is 2. The molecule has 4 heteroatoms. The standard InChI is InChI=1S/C40H27N3.Pt/c1-4-13-29(14-5-1)32-23-24-39(35(27-32)38-22-12-21-36(42-38)31-17-8-3-9-18-31)43-37-20-11-10-19-34(37)40-28-33(25-26-41-40)30-15-6-2-7-16-30;/h1-17,19-28H;/q-2;+2. The summed E-state index contributed by atoms with van der Waals surface area (Å²) in [5.41, 5.74) is 11.7. The van der Waals surface area contributed by atoms with Gasteiger partial charge in [0.2, 0.25) is 0 Å². The van der Waals surface area contributed by atoms with Gasteiger partial charge in [0, 0.05) is 6.20 Å². The molecule has 0 fully saturated rings. The molecule has 0 saturated heterocycles. The van der Waals surface area contributed by atoms with Gasteiger partial charge in [-0.2, -0.15) is 0 Å². The van der Waals surface area contributed by atoms with Gasteiger partial charge < -0.3 is 5.32 Å². The van der Waals surface area contributed by atoms with E-state index >= 15 is 0 Å². The second kappa shape index (κ2) is 13.5. The van der Waals surface area contributed by atoms with Gasteiger partial charge in [0.1, 0.15) is 0 Å². The van der Waals surface area contributed by atoms with Crippen LogP contribution in [0.5, 0.6) is 0 Å². The van der Waals surface area contributed by atoms with Crippen LogP contribution in [0.25, 0.3) is 61.3 Å². The molecule has 44 heavy (non-hydrogen) atoms. The van der Waals surface area contributed by atoms with Crippen molar-refractivity contribution in [1.82, 2.24) is 9.97 Å². The molecule has 0 amide bonds. The molecular weight excluding hydrogens is 718 g/mol. The van der Waals surface area contributed by atoms with Gasteiger partial charge in [-0.1, -0.05) is 109 Å². The molecule has 0 bridgehead atoms. The van der Waals surface area contributed by atoms with E-state index in [4.69, 9.17) is 15.3 Å². The van der Waals surface area contributed by atoms with Crippen molar-refractivity contribution in [1.29, 1.82) is 0 Å². The van der Waals surface area contributed by atoms with E-state index < -0.39 is 0 Å². The predicted octanol–water partition coefficient (Wildman–Crippen LogP) is 10.9. The summed E-state index contributed by atoms with van der Waals surface area (Å²) >= 11 is 0. The molecule has 0 radical (unpaired) electrons. The van der Waals surface area contributed by atoms with E-state index in [2.05, 4.69) is 84.9 Å². The Morgan fingerprint density at radius 3 is 1.86 bits per heavy atom. The Morgan fingerprint density at radius 2 is 1.11 bits per heavy atom. The Hall–Kier alpha value is -5.11. The third-order valence-electron chi connectivity index (χ3n) is 7.40. The van der Waals surface area contributed by atoms with Crippen LogP contribution < -0.4 is 0 Å². The molecule has 0 saturated carbocycles. The minimum atomic E-state index is 0. The molecular formula is C40H27N3Pt. The van der Waals surface area contributed by atoms with Gasteiger partial charge in [0.05, 0.1) is 11.4 Å². The van der Waals surface area contributed by atoms with Crippen LogP contribution in [0.3, 0.4) is 0 Å². The minimum absolute atomic E-state index is 0. The Bertz CT molecular complexity index is 1990. The molecule has 3 nitrogen and oxygen atoms in total. The number of para-hydroxylation sites is 1. The van der Waals surface area contributed by atoms with E-state index in [0.717, 1.165) is 67.4 Å². The maximum Gasteiger partial charge on any atom is 2.00 e. The fraction of sp³-hybridized carbons (Fsp3) is 0. The van der Waals surface area contributed by atoms with Gasteiger partial charge in [-0.3, -0.25) is 9.97 Å². The summed E-state index contributed by atoms with van der Waals surface area (Å²) in [6.07, 6.45) is 1.87. The van der Waals surface area contributed by atoms with Crippen molar-refractivity contribution in [3.05, 3.63) is 175 Å². The van der Waals surface area contributed by atoms with Crippen molar-refractivity contribution < 1.29 is 21.1 Å². The molecule has 212 valence electrons. The Balaban J connectivity index is 0.00000343. The summed E-state index contributed by atoms with van der Waals surface area (Å²) in [5, 5.41) is 5.25. The number of benzene rings is 5. The Kier molecular flexibility index (Phi) is 8.87. The smallest absolute Gasteiger partial charge is 0.657 e. The summed E-state index contributed by atoms with van der Waals surface area (Å²) in [6, 6.07) is 56.9. The number of hydrogen-bond donors (Lipinski definition) is 0. The first-order chi connectivity index (χ1) is 21.3. The van der Waals surface area contributed by atoms with Gasteiger partial charge >= 0.3 is 21.1 Å². The second-order valence-corrected chi connectivity index (χ2v) is 10.2. The van der Waals surface area contributed by atoms with E-state index in [-0.39, 0.29) is 21.1 Å². The minimum Gasteiger partial charge on any atom is -0.657 e. The van der Waals surface area contributed by atoms with Crippen molar-refractivity contribution in [2.45, 2.75) is 0 Å². The van der Waals surface area contributed by atoms with Crippen LogP contribution in [0.2, 0.25) is 0 Å². The summed E-state index contributed by atoms with van der Waals surface area (Å²) in [6.45, 7) is 0. The van der Waals surface area contributed by atoms with Crippen molar-refractivity contribution in [3.8, 4) is 56.0 Å². The molecule has 2 heterocycles.